The summed E-state index contributed by atoms with van der Waals surface area (Å²) in [4.78, 5) is 7.06. The predicted molar refractivity (Wildman–Crippen MR) is 85.2 cm³/mol. The first kappa shape index (κ1) is 14.4. The molecule has 6 nitrogen and oxygen atoms in total. The van der Waals surface area contributed by atoms with Gasteiger partial charge in [0.05, 0.1) is 5.69 Å². The highest BCUT2D eigenvalue weighted by Gasteiger charge is 2.20. The number of hydrogen-bond acceptors (Lipinski definition) is 4. The van der Waals surface area contributed by atoms with E-state index in [1.807, 2.05) is 11.6 Å². The van der Waals surface area contributed by atoms with Crippen molar-refractivity contribution in [2.45, 2.75) is 46.7 Å². The number of fused-ring (bicyclic) bond motifs is 1. The maximum absolute atomic E-state index is 6.14. The van der Waals surface area contributed by atoms with Crippen LogP contribution in [0.3, 0.4) is 0 Å². The number of nitrogens with zero attached hydrogens (tertiary/aromatic N) is 5. The molecule has 0 aliphatic carbocycles. The van der Waals surface area contributed by atoms with E-state index in [-0.39, 0.29) is 0 Å². The lowest BCUT2D eigenvalue weighted by Crippen LogP contribution is -2.28. The normalized spacial score (nSPS) is 17.9. The Labute approximate surface area is 125 Å². The highest BCUT2D eigenvalue weighted by Crippen LogP contribution is 2.23. The van der Waals surface area contributed by atoms with Gasteiger partial charge >= 0.3 is 0 Å². The molecule has 1 unspecified atom stereocenters. The largest absolute Gasteiger partial charge is 0.369 e. The van der Waals surface area contributed by atoms with Crippen molar-refractivity contribution in [2.24, 2.45) is 5.92 Å². The Morgan fingerprint density at radius 2 is 1.95 bits per heavy atom. The summed E-state index contributed by atoms with van der Waals surface area (Å²) in [6, 6.07) is 0. The summed E-state index contributed by atoms with van der Waals surface area (Å²) >= 11 is 0. The van der Waals surface area contributed by atoms with Crippen molar-refractivity contribution in [1.82, 2.24) is 24.2 Å². The average Bonchev–Trinajstić information content (AvgIpc) is 3.12. The number of nitrogen functional groups attached to an aromatic ring is 1. The lowest BCUT2D eigenvalue weighted by atomic mass is 10.1. The fourth-order valence-corrected chi connectivity index (χ4v) is 3.42. The highest BCUT2D eigenvalue weighted by atomic mass is 15.4. The first-order valence-electron chi connectivity index (χ1n) is 8.01. The van der Waals surface area contributed by atoms with E-state index in [0.29, 0.717) is 11.9 Å². The van der Waals surface area contributed by atoms with E-state index in [0.717, 1.165) is 36.5 Å². The van der Waals surface area contributed by atoms with Crippen LogP contribution in [-0.2, 0) is 13.1 Å². The van der Waals surface area contributed by atoms with Crippen LogP contribution in [0.15, 0.2) is 0 Å². The van der Waals surface area contributed by atoms with E-state index >= 15 is 0 Å². The SMILES string of the molecule is CCn1nc(C)c2nc(N)n(CC(C)CN3CCCC3)c21. The van der Waals surface area contributed by atoms with Crippen LogP contribution in [0.5, 0.6) is 0 Å². The molecular formula is C15H26N6. The fraction of sp³-hybridized carbons (Fsp3) is 0.733. The van der Waals surface area contributed by atoms with Crippen LogP contribution < -0.4 is 5.73 Å². The lowest BCUT2D eigenvalue weighted by Gasteiger charge is -2.21. The van der Waals surface area contributed by atoms with E-state index in [4.69, 9.17) is 5.73 Å². The maximum Gasteiger partial charge on any atom is 0.202 e. The molecule has 3 heterocycles. The second-order valence-electron chi connectivity index (χ2n) is 6.27. The first-order chi connectivity index (χ1) is 10.1. The number of nitrogens with two attached hydrogens (primary N) is 1. The number of aromatic nitrogens is 4. The Morgan fingerprint density at radius 3 is 2.62 bits per heavy atom. The second-order valence-corrected chi connectivity index (χ2v) is 6.27. The van der Waals surface area contributed by atoms with Gasteiger partial charge in [0.1, 0.15) is 5.52 Å². The standard InChI is InChI=1S/C15H26N6/c1-4-21-14-13(12(3)18-21)17-15(16)20(14)10-11(2)9-19-7-5-6-8-19/h11H,4-10H2,1-3H3,(H2,16,17). The second kappa shape index (κ2) is 5.67. The monoisotopic (exact) mass is 290 g/mol. The Balaban J connectivity index is 1.83. The molecule has 2 N–H and O–H groups in total. The number of likely N-dealkylation sites (tertiary alicyclic amines) is 1. The minimum absolute atomic E-state index is 0.559. The first-order valence-corrected chi connectivity index (χ1v) is 8.01. The Hall–Kier alpha value is -1.56. The van der Waals surface area contributed by atoms with Crippen LogP contribution in [-0.4, -0.2) is 43.9 Å². The van der Waals surface area contributed by atoms with Crippen LogP contribution in [0.4, 0.5) is 5.95 Å². The van der Waals surface area contributed by atoms with Crippen LogP contribution >= 0.6 is 0 Å². The summed E-state index contributed by atoms with van der Waals surface area (Å²) in [7, 11) is 0. The topological polar surface area (TPSA) is 64.9 Å². The van der Waals surface area contributed by atoms with Crippen LogP contribution in [0, 0.1) is 12.8 Å². The molecule has 0 aromatic carbocycles. The number of anilines is 1. The molecule has 116 valence electrons. The smallest absolute Gasteiger partial charge is 0.202 e. The minimum atomic E-state index is 0.559. The fourth-order valence-electron chi connectivity index (χ4n) is 3.42. The molecule has 21 heavy (non-hydrogen) atoms. The zero-order valence-electron chi connectivity index (χ0n) is 13.3. The van der Waals surface area contributed by atoms with Gasteiger partial charge in [-0.3, -0.25) is 4.57 Å². The third kappa shape index (κ3) is 2.64. The summed E-state index contributed by atoms with van der Waals surface area (Å²) in [5, 5.41) is 4.55. The van der Waals surface area contributed by atoms with Crippen molar-refractivity contribution in [3.05, 3.63) is 5.69 Å². The van der Waals surface area contributed by atoms with Gasteiger partial charge in [0.25, 0.3) is 0 Å². The zero-order valence-corrected chi connectivity index (χ0v) is 13.3. The molecule has 2 aromatic heterocycles. The average molecular weight is 290 g/mol. The van der Waals surface area contributed by atoms with Crippen LogP contribution in [0.25, 0.3) is 11.2 Å². The lowest BCUT2D eigenvalue weighted by molar-refractivity contribution is 0.273. The summed E-state index contributed by atoms with van der Waals surface area (Å²) in [6.07, 6.45) is 2.68. The van der Waals surface area contributed by atoms with E-state index in [1.165, 1.54) is 25.9 Å². The van der Waals surface area contributed by atoms with Crippen molar-refractivity contribution < 1.29 is 0 Å². The molecule has 6 heteroatoms. The zero-order chi connectivity index (χ0) is 15.0. The Kier molecular flexibility index (Phi) is 3.89. The molecule has 2 aromatic rings. The summed E-state index contributed by atoms with van der Waals surface area (Å²) < 4.78 is 4.15. The van der Waals surface area contributed by atoms with Gasteiger partial charge in [-0.15, -0.1) is 0 Å². The van der Waals surface area contributed by atoms with E-state index in [1.54, 1.807) is 0 Å². The molecule has 1 saturated heterocycles. The molecular weight excluding hydrogens is 264 g/mol. The highest BCUT2D eigenvalue weighted by molar-refractivity contribution is 5.77. The Bertz CT molecular complexity index is 620. The summed E-state index contributed by atoms with van der Waals surface area (Å²) in [5.74, 6) is 1.17. The molecule has 1 aliphatic rings. The summed E-state index contributed by atoms with van der Waals surface area (Å²) in [6.45, 7) is 11.8. The van der Waals surface area contributed by atoms with Gasteiger partial charge in [-0.25, -0.2) is 9.67 Å². The van der Waals surface area contributed by atoms with Crippen molar-refractivity contribution in [1.29, 1.82) is 0 Å². The molecule has 0 bridgehead atoms. The minimum Gasteiger partial charge on any atom is -0.369 e. The molecule has 1 fully saturated rings. The quantitative estimate of drug-likeness (QED) is 0.913. The van der Waals surface area contributed by atoms with Gasteiger partial charge in [-0.1, -0.05) is 6.92 Å². The Morgan fingerprint density at radius 1 is 1.24 bits per heavy atom. The van der Waals surface area contributed by atoms with Gasteiger partial charge in [-0.05, 0) is 45.7 Å². The maximum atomic E-state index is 6.14. The molecule has 1 atom stereocenters. The molecule has 0 saturated carbocycles. The number of rotatable bonds is 5. The van der Waals surface area contributed by atoms with Gasteiger partial charge in [-0.2, -0.15) is 5.10 Å². The van der Waals surface area contributed by atoms with Crippen LogP contribution in [0.1, 0.15) is 32.4 Å². The third-order valence-corrected chi connectivity index (χ3v) is 4.39. The van der Waals surface area contributed by atoms with Gasteiger partial charge in [0.15, 0.2) is 5.65 Å². The van der Waals surface area contributed by atoms with E-state index < -0.39 is 0 Å². The van der Waals surface area contributed by atoms with Gasteiger partial charge in [0.2, 0.25) is 5.95 Å². The van der Waals surface area contributed by atoms with Crippen molar-refractivity contribution in [2.75, 3.05) is 25.4 Å². The third-order valence-electron chi connectivity index (χ3n) is 4.39. The van der Waals surface area contributed by atoms with Gasteiger partial charge in [0, 0.05) is 19.6 Å². The van der Waals surface area contributed by atoms with Crippen molar-refractivity contribution in [3.8, 4) is 0 Å². The molecule has 1 aliphatic heterocycles. The number of aryl methyl sites for hydroxylation is 2. The molecule has 0 radical (unpaired) electrons. The summed E-state index contributed by atoms with van der Waals surface area (Å²) in [5.41, 5.74) is 9.12. The molecule has 0 spiro atoms. The van der Waals surface area contributed by atoms with Gasteiger partial charge < -0.3 is 10.6 Å². The van der Waals surface area contributed by atoms with Crippen molar-refractivity contribution in [3.63, 3.8) is 0 Å². The van der Waals surface area contributed by atoms with E-state index in [9.17, 15) is 0 Å². The van der Waals surface area contributed by atoms with Crippen molar-refractivity contribution >= 4 is 17.1 Å². The van der Waals surface area contributed by atoms with E-state index in [2.05, 4.69) is 33.4 Å². The molecule has 3 rings (SSSR count). The number of imidazole rings is 1. The number of hydrogen-bond donors (Lipinski definition) is 1. The van der Waals surface area contributed by atoms with Crippen LogP contribution in [0.2, 0.25) is 0 Å². The predicted octanol–water partition coefficient (Wildman–Crippen LogP) is 1.88. The molecule has 0 amide bonds.